The maximum absolute atomic E-state index is 5.35. The van der Waals surface area contributed by atoms with E-state index < -0.39 is 0 Å². The predicted octanol–water partition coefficient (Wildman–Crippen LogP) is 3.42. The zero-order chi connectivity index (χ0) is 19.1. The highest BCUT2D eigenvalue weighted by atomic mass is 16.5. The summed E-state index contributed by atoms with van der Waals surface area (Å²) in [6.07, 6.45) is 1.78. The van der Waals surface area contributed by atoms with Gasteiger partial charge in [0.15, 0.2) is 11.5 Å². The molecule has 0 aliphatic heterocycles. The van der Waals surface area contributed by atoms with Crippen LogP contribution in [0.25, 0.3) is 0 Å². The summed E-state index contributed by atoms with van der Waals surface area (Å²) in [7, 11) is 3.25. The number of nitrogens with one attached hydrogen (secondary N) is 2. The Bertz CT molecular complexity index is 887. The molecule has 0 aliphatic rings. The molecule has 0 unspecified atom stereocenters. The van der Waals surface area contributed by atoms with Gasteiger partial charge in [0.25, 0.3) is 0 Å². The summed E-state index contributed by atoms with van der Waals surface area (Å²) >= 11 is 0. The first-order valence-electron chi connectivity index (χ1n) is 8.62. The summed E-state index contributed by atoms with van der Waals surface area (Å²) in [6.45, 7) is 3.08. The number of ether oxygens (including phenoxy) is 2. The van der Waals surface area contributed by atoms with Crippen molar-refractivity contribution in [3.05, 3.63) is 65.7 Å². The van der Waals surface area contributed by atoms with E-state index >= 15 is 0 Å². The van der Waals surface area contributed by atoms with E-state index in [4.69, 9.17) is 9.47 Å². The number of pyridine rings is 1. The molecule has 1 aromatic carbocycles. The highest BCUT2D eigenvalue weighted by Gasteiger charge is 2.06. The minimum absolute atomic E-state index is 0.604. The maximum Gasteiger partial charge on any atom is 0.161 e. The highest BCUT2D eigenvalue weighted by molar-refractivity contribution is 5.49. The highest BCUT2D eigenvalue weighted by Crippen LogP contribution is 2.27. The van der Waals surface area contributed by atoms with E-state index in [-0.39, 0.29) is 0 Å². The van der Waals surface area contributed by atoms with Crippen molar-refractivity contribution < 1.29 is 9.47 Å². The van der Waals surface area contributed by atoms with Gasteiger partial charge in [-0.15, -0.1) is 0 Å². The van der Waals surface area contributed by atoms with Crippen LogP contribution in [-0.2, 0) is 13.1 Å². The largest absolute Gasteiger partial charge is 0.493 e. The van der Waals surface area contributed by atoms with E-state index in [1.807, 2.05) is 49.4 Å². The molecule has 0 fully saturated rings. The van der Waals surface area contributed by atoms with Crippen LogP contribution < -0.4 is 20.1 Å². The Balaban J connectivity index is 1.65. The summed E-state index contributed by atoms with van der Waals surface area (Å²) in [6, 6.07) is 13.5. The van der Waals surface area contributed by atoms with E-state index in [2.05, 4.69) is 25.6 Å². The maximum atomic E-state index is 5.35. The van der Waals surface area contributed by atoms with Crippen LogP contribution in [0.3, 0.4) is 0 Å². The molecule has 0 saturated carbocycles. The molecule has 0 atom stereocenters. The van der Waals surface area contributed by atoms with Crippen molar-refractivity contribution in [1.82, 2.24) is 15.0 Å². The van der Waals surface area contributed by atoms with Gasteiger partial charge in [0.2, 0.25) is 0 Å². The lowest BCUT2D eigenvalue weighted by Gasteiger charge is -2.12. The van der Waals surface area contributed by atoms with Crippen molar-refractivity contribution in [3.8, 4) is 11.5 Å². The number of hydrogen-bond acceptors (Lipinski definition) is 7. The Morgan fingerprint density at radius 2 is 1.59 bits per heavy atom. The molecule has 2 N–H and O–H groups in total. The molecule has 2 heterocycles. The van der Waals surface area contributed by atoms with E-state index in [1.54, 1.807) is 20.4 Å². The third kappa shape index (κ3) is 5.07. The van der Waals surface area contributed by atoms with E-state index in [9.17, 15) is 0 Å². The second kappa shape index (κ2) is 8.84. The third-order valence-electron chi connectivity index (χ3n) is 3.94. The number of anilines is 2. The van der Waals surface area contributed by atoms with Crippen LogP contribution in [0.5, 0.6) is 11.5 Å². The van der Waals surface area contributed by atoms with E-state index in [1.165, 1.54) is 0 Å². The average Bonchev–Trinajstić information content (AvgIpc) is 2.71. The van der Waals surface area contributed by atoms with Gasteiger partial charge in [0.05, 0.1) is 26.5 Å². The summed E-state index contributed by atoms with van der Waals surface area (Å²) in [5.74, 6) is 3.60. The van der Waals surface area contributed by atoms with Gasteiger partial charge in [0.1, 0.15) is 17.5 Å². The second-order valence-electron chi connectivity index (χ2n) is 5.90. The quantitative estimate of drug-likeness (QED) is 0.633. The van der Waals surface area contributed by atoms with Crippen LogP contribution in [-0.4, -0.2) is 29.2 Å². The standard InChI is InChI=1S/C20H23N5O2/c1-14-24-19(11-20(25-14)23-13-16-6-4-5-9-21-16)22-12-15-7-8-17(26-2)18(10-15)27-3/h4-11H,12-13H2,1-3H3,(H2,22,23,24,25). The van der Waals surface area contributed by atoms with Crippen molar-refractivity contribution >= 4 is 11.6 Å². The van der Waals surface area contributed by atoms with Crippen molar-refractivity contribution in [1.29, 1.82) is 0 Å². The molecule has 0 aliphatic carbocycles. The molecule has 140 valence electrons. The van der Waals surface area contributed by atoms with Crippen LogP contribution in [0.1, 0.15) is 17.1 Å². The van der Waals surface area contributed by atoms with Gasteiger partial charge >= 0.3 is 0 Å². The Labute approximate surface area is 158 Å². The number of aromatic nitrogens is 3. The molecule has 0 amide bonds. The van der Waals surface area contributed by atoms with Gasteiger partial charge in [-0.3, -0.25) is 4.98 Å². The first kappa shape index (κ1) is 18.4. The zero-order valence-corrected chi connectivity index (χ0v) is 15.7. The molecule has 7 nitrogen and oxygen atoms in total. The number of rotatable bonds is 8. The number of aryl methyl sites for hydroxylation is 1. The van der Waals surface area contributed by atoms with Crippen molar-refractivity contribution in [2.75, 3.05) is 24.9 Å². The van der Waals surface area contributed by atoms with Gasteiger partial charge in [0, 0.05) is 18.8 Å². The first-order valence-corrected chi connectivity index (χ1v) is 8.62. The predicted molar refractivity (Wildman–Crippen MR) is 105 cm³/mol. The first-order chi connectivity index (χ1) is 13.2. The molecule has 27 heavy (non-hydrogen) atoms. The lowest BCUT2D eigenvalue weighted by Crippen LogP contribution is -2.08. The van der Waals surface area contributed by atoms with E-state index in [0.717, 1.165) is 22.9 Å². The van der Waals surface area contributed by atoms with Crippen LogP contribution in [0.15, 0.2) is 48.7 Å². The fourth-order valence-corrected chi connectivity index (χ4v) is 2.62. The normalized spacial score (nSPS) is 10.3. The van der Waals surface area contributed by atoms with Gasteiger partial charge in [-0.05, 0) is 36.8 Å². The number of benzene rings is 1. The summed E-state index contributed by atoms with van der Waals surface area (Å²) in [5, 5.41) is 6.61. The van der Waals surface area contributed by atoms with Gasteiger partial charge in [-0.25, -0.2) is 9.97 Å². The summed E-state index contributed by atoms with van der Waals surface area (Å²) in [5.41, 5.74) is 2.01. The Kier molecular flexibility index (Phi) is 6.04. The Morgan fingerprint density at radius 3 is 2.26 bits per heavy atom. The molecular weight excluding hydrogens is 342 g/mol. The Morgan fingerprint density at radius 1 is 0.852 bits per heavy atom. The minimum atomic E-state index is 0.604. The molecular formula is C20H23N5O2. The van der Waals surface area contributed by atoms with Crippen LogP contribution in [0.2, 0.25) is 0 Å². The number of methoxy groups -OCH3 is 2. The topological polar surface area (TPSA) is 81.2 Å². The number of nitrogens with zero attached hydrogens (tertiary/aromatic N) is 3. The minimum Gasteiger partial charge on any atom is -0.493 e. The molecule has 7 heteroatoms. The molecule has 0 radical (unpaired) electrons. The second-order valence-corrected chi connectivity index (χ2v) is 5.90. The zero-order valence-electron chi connectivity index (χ0n) is 15.7. The lowest BCUT2D eigenvalue weighted by atomic mass is 10.2. The molecule has 0 saturated heterocycles. The monoisotopic (exact) mass is 365 g/mol. The van der Waals surface area contributed by atoms with Crippen molar-refractivity contribution in [2.45, 2.75) is 20.0 Å². The molecule has 3 aromatic rings. The van der Waals surface area contributed by atoms with Gasteiger partial charge in [-0.1, -0.05) is 12.1 Å². The molecule has 3 rings (SSSR count). The average molecular weight is 365 g/mol. The van der Waals surface area contributed by atoms with Gasteiger partial charge in [-0.2, -0.15) is 0 Å². The van der Waals surface area contributed by atoms with Crippen LogP contribution >= 0.6 is 0 Å². The van der Waals surface area contributed by atoms with E-state index in [0.29, 0.717) is 30.4 Å². The van der Waals surface area contributed by atoms with Crippen molar-refractivity contribution in [2.24, 2.45) is 0 Å². The van der Waals surface area contributed by atoms with Crippen LogP contribution in [0.4, 0.5) is 11.6 Å². The fraction of sp³-hybridized carbons (Fsp3) is 0.250. The SMILES string of the molecule is COc1ccc(CNc2cc(NCc3ccccn3)nc(C)n2)cc1OC. The summed E-state index contributed by atoms with van der Waals surface area (Å²) in [4.78, 5) is 13.2. The fourth-order valence-electron chi connectivity index (χ4n) is 2.62. The van der Waals surface area contributed by atoms with Crippen molar-refractivity contribution in [3.63, 3.8) is 0 Å². The smallest absolute Gasteiger partial charge is 0.161 e. The summed E-state index contributed by atoms with van der Waals surface area (Å²) < 4.78 is 10.6. The molecule has 0 bridgehead atoms. The van der Waals surface area contributed by atoms with Gasteiger partial charge < -0.3 is 20.1 Å². The third-order valence-corrected chi connectivity index (χ3v) is 3.94. The Hall–Kier alpha value is -3.35. The molecule has 2 aromatic heterocycles. The van der Waals surface area contributed by atoms with Crippen LogP contribution in [0, 0.1) is 6.92 Å². The lowest BCUT2D eigenvalue weighted by molar-refractivity contribution is 0.354. The molecule has 0 spiro atoms. The number of hydrogen-bond donors (Lipinski definition) is 2.